The lowest BCUT2D eigenvalue weighted by molar-refractivity contribution is -0.227. The fraction of sp³-hybridized carbons (Fsp3) is 0.950. The van der Waals surface area contributed by atoms with Crippen molar-refractivity contribution < 1.29 is 38.3 Å². The highest BCUT2D eigenvalue weighted by Gasteiger charge is 2.51. The third kappa shape index (κ3) is 6.40. The van der Waals surface area contributed by atoms with Gasteiger partial charge in [0.15, 0.2) is 0 Å². The zero-order chi connectivity index (χ0) is 21.6. The Labute approximate surface area is 178 Å². The highest BCUT2D eigenvalue weighted by molar-refractivity contribution is 7.45. The summed E-state index contributed by atoms with van der Waals surface area (Å²) in [6, 6.07) is 0. The molecule has 6 atom stereocenters. The first-order valence-corrected chi connectivity index (χ1v) is 12.7. The lowest BCUT2D eigenvalue weighted by Gasteiger charge is -2.32. The second-order valence-electron chi connectivity index (χ2n) is 8.83. The monoisotopic (exact) mass is 448 g/mol. The SMILES string of the molecule is O=C(NCCOP(=O)([O-])OCC(O)CO)OCC1C2CCCCC2C2CCCCC21. The Balaban J connectivity index is 1.36. The number of alkyl carbamates (subject to hydrolysis) is 1. The third-order valence-electron chi connectivity index (χ3n) is 7.06. The minimum absolute atomic E-state index is 0.0419. The molecule has 30 heavy (non-hydrogen) atoms. The Kier molecular flexibility index (Phi) is 8.98. The van der Waals surface area contributed by atoms with Gasteiger partial charge in [0.1, 0.15) is 6.10 Å². The Morgan fingerprint density at radius 3 is 2.17 bits per heavy atom. The molecule has 3 N–H and O–H groups in total. The molecule has 3 aliphatic rings. The molecule has 0 aromatic carbocycles. The van der Waals surface area contributed by atoms with E-state index >= 15 is 0 Å². The number of carbonyl (C=O) groups excluding carboxylic acids is 1. The van der Waals surface area contributed by atoms with Crippen molar-refractivity contribution in [2.45, 2.75) is 57.5 Å². The van der Waals surface area contributed by atoms with E-state index < -0.39 is 33.2 Å². The number of hydrogen-bond donors (Lipinski definition) is 3. The minimum atomic E-state index is -4.60. The molecule has 3 rings (SSSR count). The maximum Gasteiger partial charge on any atom is 0.407 e. The normalized spacial score (nSPS) is 33.8. The lowest BCUT2D eigenvalue weighted by Crippen LogP contribution is -2.32. The number of carbonyl (C=O) groups is 1. The van der Waals surface area contributed by atoms with Crippen LogP contribution in [0.5, 0.6) is 0 Å². The van der Waals surface area contributed by atoms with Gasteiger partial charge in [-0.2, -0.15) is 0 Å². The molecule has 0 saturated heterocycles. The first-order valence-electron chi connectivity index (χ1n) is 11.2. The molecule has 0 aliphatic heterocycles. The van der Waals surface area contributed by atoms with E-state index in [0.717, 1.165) is 11.8 Å². The molecule has 9 nitrogen and oxygen atoms in total. The van der Waals surface area contributed by atoms with Crippen molar-refractivity contribution in [2.24, 2.45) is 29.6 Å². The van der Waals surface area contributed by atoms with Crippen molar-refractivity contribution in [3.05, 3.63) is 0 Å². The van der Waals surface area contributed by atoms with Gasteiger partial charge in [-0.3, -0.25) is 4.57 Å². The van der Waals surface area contributed by atoms with Gasteiger partial charge in [0, 0.05) is 6.54 Å². The molecule has 0 radical (unpaired) electrons. The summed E-state index contributed by atoms with van der Waals surface area (Å²) in [5.41, 5.74) is 0. The highest BCUT2D eigenvalue weighted by atomic mass is 31.2. The topological polar surface area (TPSA) is 137 Å². The molecular formula is C20H35NO8P-. The number of phosphoric ester groups is 1. The minimum Gasteiger partial charge on any atom is -0.756 e. The molecule has 0 spiro atoms. The number of aliphatic hydroxyl groups excluding tert-OH is 2. The van der Waals surface area contributed by atoms with Crippen molar-refractivity contribution in [3.63, 3.8) is 0 Å². The Morgan fingerprint density at radius 1 is 1.03 bits per heavy atom. The molecule has 10 heteroatoms. The summed E-state index contributed by atoms with van der Waals surface area (Å²) in [5.74, 6) is 3.37. The molecule has 0 aromatic heterocycles. The van der Waals surface area contributed by atoms with Crippen molar-refractivity contribution in [1.82, 2.24) is 5.32 Å². The first-order chi connectivity index (χ1) is 14.4. The summed E-state index contributed by atoms with van der Waals surface area (Å²) in [6.07, 6.45) is 8.44. The number of nitrogens with one attached hydrogen (secondary N) is 1. The molecule has 0 bridgehead atoms. The van der Waals surface area contributed by atoms with Gasteiger partial charge in [-0.15, -0.1) is 0 Å². The zero-order valence-electron chi connectivity index (χ0n) is 17.4. The summed E-state index contributed by atoms with van der Waals surface area (Å²) < 4.78 is 26.1. The molecule has 3 fully saturated rings. The molecule has 3 aliphatic carbocycles. The van der Waals surface area contributed by atoms with Gasteiger partial charge in [-0.05, 0) is 55.3 Å². The molecule has 6 unspecified atom stereocenters. The molecule has 174 valence electrons. The Morgan fingerprint density at radius 2 is 1.60 bits per heavy atom. The van der Waals surface area contributed by atoms with Crippen LogP contribution in [0.3, 0.4) is 0 Å². The summed E-state index contributed by atoms with van der Waals surface area (Å²) in [6.45, 7) is -1.11. The van der Waals surface area contributed by atoms with Crippen molar-refractivity contribution in [2.75, 3.05) is 33.0 Å². The van der Waals surface area contributed by atoms with Crippen LogP contribution in [-0.4, -0.2) is 55.4 Å². The summed E-state index contributed by atoms with van der Waals surface area (Å²) >= 11 is 0. The molecular weight excluding hydrogens is 413 g/mol. The standard InChI is InChI=1S/C20H36NO8P/c22-11-14(23)12-29-30(25,26)28-10-9-21-20(24)27-13-19-17-7-3-1-5-15(17)16-6-2-4-8-18(16)19/h14-19,22-23H,1-13H2,(H,21,24)(H,25,26)/p-1. The Bertz CT molecular complexity index is 583. The van der Waals surface area contributed by atoms with Gasteiger partial charge in [-0.1, -0.05) is 25.7 Å². The van der Waals surface area contributed by atoms with Crippen LogP contribution in [0.4, 0.5) is 4.79 Å². The van der Waals surface area contributed by atoms with E-state index in [1.165, 1.54) is 51.4 Å². The van der Waals surface area contributed by atoms with E-state index in [4.69, 9.17) is 14.9 Å². The van der Waals surface area contributed by atoms with Crippen molar-refractivity contribution >= 4 is 13.9 Å². The van der Waals surface area contributed by atoms with Crippen LogP contribution in [-0.2, 0) is 18.3 Å². The van der Waals surface area contributed by atoms with E-state index in [1.807, 2.05) is 0 Å². The van der Waals surface area contributed by atoms with E-state index in [9.17, 15) is 14.3 Å². The van der Waals surface area contributed by atoms with Crippen molar-refractivity contribution in [1.29, 1.82) is 0 Å². The average Bonchev–Trinajstić information content (AvgIpc) is 3.07. The smallest absolute Gasteiger partial charge is 0.407 e. The summed E-state index contributed by atoms with van der Waals surface area (Å²) in [7, 11) is -4.60. The predicted octanol–water partition coefficient (Wildman–Crippen LogP) is 1.81. The number of amides is 1. The zero-order valence-corrected chi connectivity index (χ0v) is 18.3. The fourth-order valence-electron chi connectivity index (χ4n) is 5.87. The van der Waals surface area contributed by atoms with E-state index in [0.29, 0.717) is 24.4 Å². The van der Waals surface area contributed by atoms with Crippen LogP contribution in [0, 0.1) is 29.6 Å². The summed E-state index contributed by atoms with van der Waals surface area (Å²) in [5, 5.41) is 20.2. The molecule has 3 saturated carbocycles. The van der Waals surface area contributed by atoms with E-state index in [1.54, 1.807) is 0 Å². The van der Waals surface area contributed by atoms with Crippen LogP contribution in [0.15, 0.2) is 0 Å². The largest absolute Gasteiger partial charge is 0.756 e. The number of fused-ring (bicyclic) bond motifs is 3. The highest BCUT2D eigenvalue weighted by Crippen LogP contribution is 2.57. The summed E-state index contributed by atoms with van der Waals surface area (Å²) in [4.78, 5) is 23.6. The van der Waals surface area contributed by atoms with Crippen LogP contribution in [0.25, 0.3) is 0 Å². The van der Waals surface area contributed by atoms with Gasteiger partial charge in [0.2, 0.25) is 0 Å². The van der Waals surface area contributed by atoms with Gasteiger partial charge in [-0.25, -0.2) is 4.79 Å². The van der Waals surface area contributed by atoms with Crippen LogP contribution < -0.4 is 10.2 Å². The third-order valence-corrected chi connectivity index (χ3v) is 8.03. The second-order valence-corrected chi connectivity index (χ2v) is 10.2. The average molecular weight is 448 g/mol. The molecule has 0 heterocycles. The van der Waals surface area contributed by atoms with Gasteiger partial charge >= 0.3 is 6.09 Å². The second kappa shape index (κ2) is 11.2. The van der Waals surface area contributed by atoms with Crippen LogP contribution in [0.1, 0.15) is 51.4 Å². The molecule has 1 amide bonds. The first kappa shape index (κ1) is 24.0. The maximum atomic E-state index is 12.1. The van der Waals surface area contributed by atoms with E-state index in [2.05, 4.69) is 14.4 Å². The number of phosphoric acid groups is 1. The molecule has 0 aromatic rings. The van der Waals surface area contributed by atoms with E-state index in [-0.39, 0.29) is 13.2 Å². The predicted molar refractivity (Wildman–Crippen MR) is 106 cm³/mol. The number of rotatable bonds is 10. The van der Waals surface area contributed by atoms with Crippen LogP contribution in [0.2, 0.25) is 0 Å². The fourth-order valence-corrected chi connectivity index (χ4v) is 6.61. The van der Waals surface area contributed by atoms with Gasteiger partial charge < -0.3 is 34.2 Å². The maximum absolute atomic E-state index is 12.1. The lowest BCUT2D eigenvalue weighted by atomic mass is 9.73. The quantitative estimate of drug-likeness (QED) is 0.340. The number of ether oxygens (including phenoxy) is 1. The van der Waals surface area contributed by atoms with Gasteiger partial charge in [0.25, 0.3) is 7.82 Å². The Hall–Kier alpha value is -0.700. The number of hydrogen-bond acceptors (Lipinski definition) is 8. The van der Waals surface area contributed by atoms with Gasteiger partial charge in [0.05, 0.1) is 26.4 Å². The number of aliphatic hydroxyl groups is 2. The van der Waals surface area contributed by atoms with Crippen LogP contribution >= 0.6 is 7.82 Å². The van der Waals surface area contributed by atoms with Crippen molar-refractivity contribution in [3.8, 4) is 0 Å².